The molecule has 136 valence electrons. The molecule has 0 bridgehead atoms. The first-order chi connectivity index (χ1) is 12.7. The van der Waals surface area contributed by atoms with E-state index in [2.05, 4.69) is 30.6 Å². The molecule has 0 saturated heterocycles. The Morgan fingerprint density at radius 3 is 2.65 bits per heavy atom. The van der Waals surface area contributed by atoms with Crippen LogP contribution < -0.4 is 16.4 Å². The molecule has 0 spiro atoms. The molecular weight excluding hydrogens is 333 g/mol. The largest absolute Gasteiger partial charge is 0.366 e. The summed E-state index contributed by atoms with van der Waals surface area (Å²) in [6.45, 7) is 0.542. The van der Waals surface area contributed by atoms with Gasteiger partial charge in [-0.05, 0) is 43.4 Å². The molecule has 1 aromatic rings. The molecule has 26 heavy (non-hydrogen) atoms. The first kappa shape index (κ1) is 16.7. The maximum atomic E-state index is 13.0. The predicted molar refractivity (Wildman–Crippen MR) is 98.4 cm³/mol. The molecule has 0 amide bonds. The zero-order valence-electron chi connectivity index (χ0n) is 14.4. The molecule has 1 aliphatic carbocycles. The van der Waals surface area contributed by atoms with E-state index in [1.807, 2.05) is 0 Å². The second kappa shape index (κ2) is 7.25. The molecule has 1 aromatic carbocycles. The monoisotopic (exact) mass is 355 g/mol. The highest BCUT2D eigenvalue weighted by Gasteiger charge is 2.21. The fourth-order valence-electron chi connectivity index (χ4n) is 3.28. The number of aromatic amines is 1. The van der Waals surface area contributed by atoms with Crippen LogP contribution in [0.4, 0.5) is 16.2 Å². The van der Waals surface area contributed by atoms with E-state index in [1.54, 1.807) is 12.1 Å². The van der Waals surface area contributed by atoms with Crippen molar-refractivity contribution in [3.05, 3.63) is 42.0 Å². The Kier molecular flexibility index (Phi) is 4.66. The zero-order chi connectivity index (χ0) is 17.9. The standard InChI is InChI=1S/C18H22FN7/c19-12-3-1-11(2-4-12)9-21-16-15-17(23-10-22-15)26-18(25-16)24-14-7-5-13(20)6-8-14/h1-4,10,13-14H,5-9,20H2,(H3,21,22,23,24,25,26)/t13-,14-. The predicted octanol–water partition coefficient (Wildman–Crippen LogP) is 2.74. The van der Waals surface area contributed by atoms with Gasteiger partial charge >= 0.3 is 0 Å². The maximum absolute atomic E-state index is 13.0. The number of H-pyrrole nitrogens is 1. The highest BCUT2D eigenvalue weighted by Crippen LogP contribution is 2.27. The number of anilines is 2. The Labute approximate surface area is 151 Å². The fraction of sp³-hybridized carbons (Fsp3) is 0.389. The van der Waals surface area contributed by atoms with Crippen LogP contribution in [0.3, 0.4) is 0 Å². The van der Waals surface area contributed by atoms with E-state index < -0.39 is 0 Å². The third-order valence-corrected chi connectivity index (χ3v) is 4.77. The normalized spacial score (nSPS) is 20.2. The lowest BCUT2D eigenvalue weighted by Gasteiger charge is -2.27. The van der Waals surface area contributed by atoms with E-state index in [1.165, 1.54) is 18.5 Å². The number of nitrogens with one attached hydrogen (secondary N) is 3. The number of halogens is 1. The van der Waals surface area contributed by atoms with Crippen LogP contribution in [-0.2, 0) is 6.54 Å². The molecule has 2 heterocycles. The molecule has 0 atom stereocenters. The topological polar surface area (TPSA) is 105 Å². The first-order valence-electron chi connectivity index (χ1n) is 8.88. The van der Waals surface area contributed by atoms with Crippen molar-refractivity contribution in [2.24, 2.45) is 5.73 Å². The Balaban J connectivity index is 1.50. The quantitative estimate of drug-likeness (QED) is 0.561. The summed E-state index contributed by atoms with van der Waals surface area (Å²) in [5.41, 5.74) is 7.63. The van der Waals surface area contributed by atoms with Gasteiger partial charge in [-0.1, -0.05) is 12.1 Å². The average Bonchev–Trinajstić information content (AvgIpc) is 3.12. The van der Waals surface area contributed by atoms with Crippen LogP contribution in [-0.4, -0.2) is 32.0 Å². The summed E-state index contributed by atoms with van der Waals surface area (Å²) < 4.78 is 13.0. The number of benzene rings is 1. The van der Waals surface area contributed by atoms with Crippen molar-refractivity contribution in [1.29, 1.82) is 0 Å². The third-order valence-electron chi connectivity index (χ3n) is 4.77. The van der Waals surface area contributed by atoms with E-state index in [-0.39, 0.29) is 5.82 Å². The smallest absolute Gasteiger partial charge is 0.204 e. The minimum absolute atomic E-state index is 0.243. The van der Waals surface area contributed by atoms with Gasteiger partial charge in [0.25, 0.3) is 0 Å². The summed E-state index contributed by atoms with van der Waals surface area (Å²) in [7, 11) is 0. The Morgan fingerprint density at radius 2 is 1.88 bits per heavy atom. The van der Waals surface area contributed by atoms with Gasteiger partial charge in [0.05, 0.1) is 0 Å². The molecule has 1 fully saturated rings. The van der Waals surface area contributed by atoms with Crippen LogP contribution in [0.1, 0.15) is 31.2 Å². The summed E-state index contributed by atoms with van der Waals surface area (Å²) in [5, 5.41) is 6.76. The minimum Gasteiger partial charge on any atom is -0.366 e. The van der Waals surface area contributed by atoms with Gasteiger partial charge in [0, 0.05) is 18.6 Å². The molecule has 2 aliphatic heterocycles. The lowest BCUT2D eigenvalue weighted by molar-refractivity contribution is 0.410. The maximum Gasteiger partial charge on any atom is 0.204 e. The molecule has 8 heteroatoms. The molecule has 0 radical (unpaired) electrons. The van der Waals surface area contributed by atoms with Gasteiger partial charge in [-0.25, -0.2) is 14.4 Å². The fourth-order valence-corrected chi connectivity index (χ4v) is 3.28. The van der Waals surface area contributed by atoms with Crippen LogP contribution in [0.5, 0.6) is 0 Å². The summed E-state index contributed by atoms with van der Waals surface area (Å²) in [4.78, 5) is 16.3. The van der Waals surface area contributed by atoms with Crippen molar-refractivity contribution >= 4 is 11.8 Å². The lowest BCUT2D eigenvalue weighted by atomic mass is 9.92. The van der Waals surface area contributed by atoms with E-state index in [0.717, 1.165) is 37.1 Å². The summed E-state index contributed by atoms with van der Waals surface area (Å²) >= 11 is 0. The molecule has 3 aliphatic rings. The van der Waals surface area contributed by atoms with Crippen LogP contribution in [0, 0.1) is 5.82 Å². The van der Waals surface area contributed by atoms with Gasteiger partial charge in [0.2, 0.25) is 5.95 Å². The Bertz CT molecular complexity index is 824. The zero-order valence-corrected chi connectivity index (χ0v) is 14.4. The van der Waals surface area contributed by atoms with E-state index in [0.29, 0.717) is 36.1 Å². The molecule has 0 unspecified atom stereocenters. The molecule has 5 N–H and O–H groups in total. The van der Waals surface area contributed by atoms with Crippen molar-refractivity contribution in [2.75, 3.05) is 10.6 Å². The Hall–Kier alpha value is -2.74. The SMILES string of the molecule is N[C@H]1CC[C@H](Nc2nc3ncnc-3c(NCc3ccc(F)cc3)[nH]2)CC1. The lowest BCUT2D eigenvalue weighted by Crippen LogP contribution is -2.33. The second-order valence-electron chi connectivity index (χ2n) is 6.74. The first-order valence-corrected chi connectivity index (χ1v) is 8.88. The van der Waals surface area contributed by atoms with Gasteiger partial charge in [-0.15, -0.1) is 0 Å². The van der Waals surface area contributed by atoms with Crippen LogP contribution in [0.25, 0.3) is 11.5 Å². The number of aromatic nitrogens is 4. The summed E-state index contributed by atoms with van der Waals surface area (Å²) in [6.07, 6.45) is 5.59. The van der Waals surface area contributed by atoms with Crippen molar-refractivity contribution in [1.82, 2.24) is 19.9 Å². The number of nitrogens with two attached hydrogens (primary N) is 1. The molecule has 4 rings (SSSR count). The van der Waals surface area contributed by atoms with Crippen molar-refractivity contribution in [3.63, 3.8) is 0 Å². The number of fused-ring (bicyclic) bond motifs is 1. The second-order valence-corrected chi connectivity index (χ2v) is 6.74. The Morgan fingerprint density at radius 1 is 1.12 bits per heavy atom. The number of rotatable bonds is 5. The number of hydrogen-bond donors (Lipinski definition) is 4. The van der Waals surface area contributed by atoms with Crippen molar-refractivity contribution < 1.29 is 4.39 Å². The van der Waals surface area contributed by atoms with E-state index in [4.69, 9.17) is 5.73 Å². The van der Waals surface area contributed by atoms with Crippen LogP contribution >= 0.6 is 0 Å². The number of nitrogens with zero attached hydrogens (tertiary/aromatic N) is 3. The molecule has 0 aromatic heterocycles. The highest BCUT2D eigenvalue weighted by atomic mass is 19.1. The van der Waals surface area contributed by atoms with Gasteiger partial charge < -0.3 is 21.4 Å². The van der Waals surface area contributed by atoms with Crippen LogP contribution in [0.2, 0.25) is 0 Å². The van der Waals surface area contributed by atoms with Gasteiger partial charge in [0.1, 0.15) is 23.7 Å². The van der Waals surface area contributed by atoms with Gasteiger partial charge in [0.15, 0.2) is 5.82 Å². The van der Waals surface area contributed by atoms with Crippen LogP contribution in [0.15, 0.2) is 30.6 Å². The highest BCUT2D eigenvalue weighted by molar-refractivity contribution is 5.69. The molecule has 1 saturated carbocycles. The average molecular weight is 355 g/mol. The number of imidazole rings is 1. The minimum atomic E-state index is -0.243. The summed E-state index contributed by atoms with van der Waals surface area (Å²) in [5.74, 6) is 1.75. The van der Waals surface area contributed by atoms with Gasteiger partial charge in [-0.2, -0.15) is 4.98 Å². The number of hydrogen-bond acceptors (Lipinski definition) is 6. The van der Waals surface area contributed by atoms with E-state index >= 15 is 0 Å². The van der Waals surface area contributed by atoms with Crippen molar-refractivity contribution in [2.45, 2.75) is 44.3 Å². The molecular formula is C18H22FN7. The molecule has 7 nitrogen and oxygen atoms in total. The van der Waals surface area contributed by atoms with E-state index in [9.17, 15) is 4.39 Å². The summed E-state index contributed by atoms with van der Waals surface area (Å²) in [6, 6.07) is 7.06. The third kappa shape index (κ3) is 3.75. The van der Waals surface area contributed by atoms with Crippen molar-refractivity contribution in [3.8, 4) is 11.5 Å². The van der Waals surface area contributed by atoms with Gasteiger partial charge in [-0.3, -0.25) is 0 Å².